The van der Waals surface area contributed by atoms with Crippen molar-refractivity contribution in [3.8, 4) is 0 Å². The minimum atomic E-state index is -1.88. The first kappa shape index (κ1) is 18.0. The lowest BCUT2D eigenvalue weighted by Crippen LogP contribution is -2.02. The maximum absolute atomic E-state index is 11.5. The topological polar surface area (TPSA) is 46.5 Å². The predicted octanol–water partition coefficient (Wildman–Crippen LogP) is 5.00. The summed E-state index contributed by atoms with van der Waals surface area (Å²) >= 11 is 0. The first-order valence-corrected chi connectivity index (χ1v) is 8.74. The molecule has 0 rings (SSSR count). The Hall–Kier alpha value is 0.0200. The summed E-state index contributed by atoms with van der Waals surface area (Å²) in [7, 11) is -1.88. The molecule has 0 saturated carbocycles. The van der Waals surface area contributed by atoms with Gasteiger partial charge in [0.1, 0.15) is 6.61 Å². The van der Waals surface area contributed by atoms with E-state index in [0.717, 1.165) is 25.7 Å². The minimum absolute atomic E-state index is 0.500. The smallest absolute Gasteiger partial charge is 0.349 e. The average Bonchev–Trinajstić information content (AvgIpc) is 2.37. The Bertz CT molecular complexity index is 197. The Morgan fingerprint density at radius 1 is 0.944 bits per heavy atom. The molecular weight excluding hydrogens is 247 g/mol. The molecule has 0 aromatic heterocycles. The van der Waals surface area contributed by atoms with E-state index in [1.54, 1.807) is 0 Å². The average molecular weight is 277 g/mol. The highest BCUT2D eigenvalue weighted by Gasteiger charge is 2.29. The van der Waals surface area contributed by atoms with Crippen molar-refractivity contribution in [3.05, 3.63) is 0 Å². The fourth-order valence-corrected chi connectivity index (χ4v) is 2.65. The van der Waals surface area contributed by atoms with Crippen molar-refractivity contribution in [1.82, 2.24) is 0 Å². The van der Waals surface area contributed by atoms with Gasteiger partial charge in [0.2, 0.25) is 0 Å². The van der Waals surface area contributed by atoms with Crippen LogP contribution in [0.5, 0.6) is 0 Å². The Balaban J connectivity index is 3.34. The first-order chi connectivity index (χ1) is 8.72. The Morgan fingerprint density at radius 3 is 2.11 bits per heavy atom. The van der Waals surface area contributed by atoms with Crippen LogP contribution in [0.3, 0.4) is 0 Å². The van der Waals surface area contributed by atoms with Crippen LogP contribution in [0.15, 0.2) is 0 Å². The summed E-state index contributed by atoms with van der Waals surface area (Å²) < 4.78 is 16.6. The predicted molar refractivity (Wildman–Crippen MR) is 77.1 cm³/mol. The Kier molecular flexibility index (Phi) is 13.5. The van der Waals surface area contributed by atoms with E-state index in [0.29, 0.717) is 13.0 Å². The Labute approximate surface area is 113 Å². The van der Waals surface area contributed by atoms with Gasteiger partial charge in [-0.15, -0.1) is 4.52 Å². The molecule has 0 aromatic rings. The molecule has 3 nitrogen and oxygen atoms in total. The van der Waals surface area contributed by atoms with Crippen molar-refractivity contribution >= 4 is 8.03 Å². The SMILES string of the molecule is CCCCCCCCCC(O)[P+](=O)OCCCC. The molecule has 4 heteroatoms. The second kappa shape index (κ2) is 13.5. The minimum Gasteiger partial charge on any atom is -0.349 e. The lowest BCUT2D eigenvalue weighted by atomic mass is 10.1. The van der Waals surface area contributed by atoms with Crippen molar-refractivity contribution in [2.75, 3.05) is 6.61 Å². The monoisotopic (exact) mass is 277 g/mol. The van der Waals surface area contributed by atoms with Gasteiger partial charge >= 0.3 is 8.03 Å². The Morgan fingerprint density at radius 2 is 1.50 bits per heavy atom. The molecule has 0 amide bonds. The molecule has 0 spiro atoms. The zero-order valence-corrected chi connectivity index (χ0v) is 13.0. The fraction of sp³-hybridized carbons (Fsp3) is 1.00. The maximum atomic E-state index is 11.5. The molecule has 0 bridgehead atoms. The summed E-state index contributed by atoms with van der Waals surface area (Å²) in [5, 5.41) is 9.65. The number of unbranched alkanes of at least 4 members (excludes halogenated alkanes) is 7. The third-order valence-electron chi connectivity index (χ3n) is 3.03. The normalized spacial score (nSPS) is 13.6. The van der Waals surface area contributed by atoms with Crippen molar-refractivity contribution in [2.45, 2.75) is 83.9 Å². The molecule has 1 N–H and O–H groups in total. The van der Waals surface area contributed by atoms with E-state index in [4.69, 9.17) is 4.52 Å². The summed E-state index contributed by atoms with van der Waals surface area (Å²) in [6.07, 6.45) is 11.0. The molecule has 2 unspecified atom stereocenters. The maximum Gasteiger partial charge on any atom is 0.540 e. The highest BCUT2D eigenvalue weighted by molar-refractivity contribution is 7.39. The van der Waals surface area contributed by atoms with Crippen LogP contribution in [0.25, 0.3) is 0 Å². The second-order valence-corrected chi connectivity index (χ2v) is 6.29. The summed E-state index contributed by atoms with van der Waals surface area (Å²) in [5.74, 6) is -0.771. The molecule has 108 valence electrons. The highest BCUT2D eigenvalue weighted by atomic mass is 31.1. The lowest BCUT2D eigenvalue weighted by Gasteiger charge is -2.01. The van der Waals surface area contributed by atoms with Crippen LogP contribution in [0, 0.1) is 0 Å². The van der Waals surface area contributed by atoms with Crippen LogP contribution in [-0.2, 0) is 9.09 Å². The largest absolute Gasteiger partial charge is 0.540 e. The quantitative estimate of drug-likeness (QED) is 0.380. The van der Waals surface area contributed by atoms with Crippen LogP contribution in [-0.4, -0.2) is 17.6 Å². The van der Waals surface area contributed by atoms with Gasteiger partial charge in [0.25, 0.3) is 5.85 Å². The molecule has 0 saturated heterocycles. The third-order valence-corrected chi connectivity index (χ3v) is 4.21. The summed E-state index contributed by atoms with van der Waals surface area (Å²) in [6.45, 7) is 4.77. The molecule has 2 atom stereocenters. The number of rotatable bonds is 13. The summed E-state index contributed by atoms with van der Waals surface area (Å²) in [6, 6.07) is 0. The molecular formula is C14H30O3P+. The van der Waals surface area contributed by atoms with E-state index in [-0.39, 0.29) is 0 Å². The number of aliphatic hydroxyl groups excluding tert-OH is 1. The zero-order valence-electron chi connectivity index (χ0n) is 12.1. The van der Waals surface area contributed by atoms with Gasteiger partial charge in [-0.3, -0.25) is 0 Å². The lowest BCUT2D eigenvalue weighted by molar-refractivity contribution is 0.204. The molecule has 0 aliphatic heterocycles. The van der Waals surface area contributed by atoms with Crippen LogP contribution < -0.4 is 0 Å². The third kappa shape index (κ3) is 11.1. The standard InChI is InChI=1S/C14H30O3P/c1-3-5-7-8-9-10-11-12-14(15)18(16)17-13-6-4-2/h14-15H,3-13H2,1-2H3/q+1. The van der Waals surface area contributed by atoms with Gasteiger partial charge in [0.15, 0.2) is 0 Å². The van der Waals surface area contributed by atoms with Crippen LogP contribution in [0.1, 0.15) is 78.1 Å². The van der Waals surface area contributed by atoms with Gasteiger partial charge in [0.05, 0.1) is 0 Å². The van der Waals surface area contributed by atoms with Crippen molar-refractivity contribution < 1.29 is 14.2 Å². The first-order valence-electron chi connectivity index (χ1n) is 7.49. The van der Waals surface area contributed by atoms with E-state index in [9.17, 15) is 9.67 Å². The van der Waals surface area contributed by atoms with Gasteiger partial charge in [0, 0.05) is 6.42 Å². The molecule has 0 fully saturated rings. The van der Waals surface area contributed by atoms with E-state index in [2.05, 4.69) is 13.8 Å². The van der Waals surface area contributed by atoms with Crippen molar-refractivity contribution in [1.29, 1.82) is 0 Å². The molecule has 0 radical (unpaired) electrons. The van der Waals surface area contributed by atoms with Gasteiger partial charge in [-0.05, 0) is 17.4 Å². The van der Waals surface area contributed by atoms with Gasteiger partial charge < -0.3 is 5.11 Å². The highest BCUT2D eigenvalue weighted by Crippen LogP contribution is 2.31. The van der Waals surface area contributed by atoms with E-state index in [1.807, 2.05) is 0 Å². The molecule has 18 heavy (non-hydrogen) atoms. The fourth-order valence-electron chi connectivity index (χ4n) is 1.77. The number of hydrogen-bond acceptors (Lipinski definition) is 3. The van der Waals surface area contributed by atoms with Crippen molar-refractivity contribution in [2.24, 2.45) is 0 Å². The second-order valence-electron chi connectivity index (χ2n) is 4.86. The molecule has 0 heterocycles. The summed E-state index contributed by atoms with van der Waals surface area (Å²) in [4.78, 5) is 0. The van der Waals surface area contributed by atoms with Gasteiger partial charge in [-0.25, -0.2) is 0 Å². The number of hydrogen-bond donors (Lipinski definition) is 1. The van der Waals surface area contributed by atoms with E-state index >= 15 is 0 Å². The van der Waals surface area contributed by atoms with Crippen LogP contribution in [0.2, 0.25) is 0 Å². The summed E-state index contributed by atoms with van der Waals surface area (Å²) in [5.41, 5.74) is 0. The van der Waals surface area contributed by atoms with E-state index in [1.165, 1.54) is 32.1 Å². The zero-order chi connectivity index (χ0) is 13.6. The molecule has 0 aliphatic carbocycles. The van der Waals surface area contributed by atoms with E-state index < -0.39 is 13.9 Å². The van der Waals surface area contributed by atoms with Crippen LogP contribution >= 0.6 is 8.03 Å². The van der Waals surface area contributed by atoms with Crippen molar-refractivity contribution in [3.63, 3.8) is 0 Å². The molecule has 0 aliphatic rings. The van der Waals surface area contributed by atoms with Crippen LogP contribution in [0.4, 0.5) is 0 Å². The van der Waals surface area contributed by atoms with Gasteiger partial charge in [-0.1, -0.05) is 58.8 Å². The number of aliphatic hydroxyl groups is 1. The molecule has 0 aromatic carbocycles. The van der Waals surface area contributed by atoms with Gasteiger partial charge in [-0.2, -0.15) is 0 Å².